The molecular weight excluding hydrogens is 483 g/mol. The minimum atomic E-state index is -0.866. The summed E-state index contributed by atoms with van der Waals surface area (Å²) in [6.45, 7) is 0. The van der Waals surface area contributed by atoms with Crippen LogP contribution in [0.4, 0.5) is 10.2 Å². The average molecular weight is 501 g/mol. The van der Waals surface area contributed by atoms with Crippen molar-refractivity contribution in [1.82, 2.24) is 34.5 Å². The predicted molar refractivity (Wildman–Crippen MR) is 123 cm³/mol. The monoisotopic (exact) mass is 500 g/mol. The number of carbonyl (C=O) groups is 1. The Hall–Kier alpha value is -3.25. The minimum absolute atomic E-state index is 0.0275. The van der Waals surface area contributed by atoms with Gasteiger partial charge in [0, 0.05) is 12.2 Å². The molecule has 3 aliphatic rings. The van der Waals surface area contributed by atoms with Crippen LogP contribution in [0.15, 0.2) is 18.6 Å². The summed E-state index contributed by atoms with van der Waals surface area (Å²) in [6, 6.07) is -0.424. The predicted octanol–water partition coefficient (Wildman–Crippen LogP) is 4.03. The lowest BCUT2D eigenvalue weighted by atomic mass is 9.61. The first-order chi connectivity index (χ1) is 16.5. The number of halogens is 2. The largest absolute Gasteiger partial charge is 0.481 e. The van der Waals surface area contributed by atoms with Gasteiger partial charge in [-0.25, -0.2) is 24.3 Å². The zero-order chi connectivity index (χ0) is 23.4. The first kappa shape index (κ1) is 21.3. The van der Waals surface area contributed by atoms with Gasteiger partial charge in [-0.3, -0.25) is 4.79 Å². The summed E-state index contributed by atoms with van der Waals surface area (Å²) in [5, 5.41) is 17.1. The molecule has 4 aromatic heterocycles. The average Bonchev–Trinajstić information content (AvgIpc) is 3.51. The summed E-state index contributed by atoms with van der Waals surface area (Å²) in [5.74, 6) is -1.80. The minimum Gasteiger partial charge on any atom is -0.481 e. The first-order valence-corrected chi connectivity index (χ1v) is 12.0. The second-order valence-electron chi connectivity index (χ2n) is 8.64. The molecule has 0 unspecified atom stereocenters. The van der Waals surface area contributed by atoms with E-state index in [0.717, 1.165) is 37.2 Å². The third kappa shape index (κ3) is 3.48. The third-order valence-electron chi connectivity index (χ3n) is 6.85. The van der Waals surface area contributed by atoms with E-state index >= 15 is 4.39 Å². The van der Waals surface area contributed by atoms with E-state index in [-0.39, 0.29) is 34.3 Å². The maximum atomic E-state index is 15.7. The maximum Gasteiger partial charge on any atom is 0.308 e. The highest BCUT2D eigenvalue weighted by atomic mass is 35.5. The van der Waals surface area contributed by atoms with Crippen molar-refractivity contribution < 1.29 is 14.3 Å². The number of rotatable bonds is 5. The molecule has 2 atom stereocenters. The van der Waals surface area contributed by atoms with Crippen molar-refractivity contribution in [3.63, 3.8) is 0 Å². The molecule has 4 aromatic rings. The van der Waals surface area contributed by atoms with Crippen molar-refractivity contribution in [3.05, 3.63) is 29.6 Å². The van der Waals surface area contributed by atoms with Crippen LogP contribution in [0.3, 0.4) is 0 Å². The summed E-state index contributed by atoms with van der Waals surface area (Å²) in [6.07, 6.45) is 8.06. The van der Waals surface area contributed by atoms with Crippen LogP contribution in [0.5, 0.6) is 0 Å². The van der Waals surface area contributed by atoms with Gasteiger partial charge in [-0.1, -0.05) is 16.1 Å². The van der Waals surface area contributed by atoms with Gasteiger partial charge >= 0.3 is 5.97 Å². The zero-order valence-electron chi connectivity index (χ0n) is 17.6. The van der Waals surface area contributed by atoms with Crippen molar-refractivity contribution in [3.8, 4) is 22.0 Å². The molecule has 7 rings (SSSR count). The van der Waals surface area contributed by atoms with Gasteiger partial charge in [0.15, 0.2) is 23.1 Å². The molecule has 0 saturated heterocycles. The quantitative estimate of drug-likeness (QED) is 0.370. The molecule has 174 valence electrons. The summed E-state index contributed by atoms with van der Waals surface area (Å²) in [4.78, 5) is 33.0. The van der Waals surface area contributed by atoms with E-state index in [0.29, 0.717) is 21.6 Å². The van der Waals surface area contributed by atoms with Gasteiger partial charge in [-0.15, -0.1) is 5.10 Å². The highest BCUT2D eigenvalue weighted by Crippen LogP contribution is 2.46. The number of fused-ring (bicyclic) bond motifs is 4. The zero-order valence-corrected chi connectivity index (χ0v) is 19.1. The van der Waals surface area contributed by atoms with Crippen LogP contribution in [0, 0.1) is 23.6 Å². The number of hydrogen-bond acceptors (Lipinski definition) is 9. The topological polar surface area (TPSA) is 142 Å². The highest BCUT2D eigenvalue weighted by Gasteiger charge is 2.47. The van der Waals surface area contributed by atoms with Crippen molar-refractivity contribution in [2.45, 2.75) is 31.7 Å². The Labute approximate surface area is 201 Å². The van der Waals surface area contributed by atoms with E-state index in [1.807, 2.05) is 0 Å². The number of anilines is 1. The first-order valence-electron chi connectivity index (χ1n) is 10.8. The molecule has 34 heavy (non-hydrogen) atoms. The summed E-state index contributed by atoms with van der Waals surface area (Å²) < 4.78 is 19.5. The van der Waals surface area contributed by atoms with E-state index in [1.165, 1.54) is 12.4 Å². The van der Waals surface area contributed by atoms with Crippen LogP contribution in [-0.2, 0) is 4.79 Å². The number of nitrogens with one attached hydrogen (secondary N) is 2. The van der Waals surface area contributed by atoms with Gasteiger partial charge in [0.1, 0.15) is 16.4 Å². The number of hydrogen-bond donors (Lipinski definition) is 3. The number of aromatic amines is 1. The Morgan fingerprint density at radius 3 is 2.71 bits per heavy atom. The van der Waals surface area contributed by atoms with Crippen LogP contribution in [-0.4, -0.2) is 51.6 Å². The number of aliphatic carboxylic acids is 1. The fourth-order valence-electron chi connectivity index (χ4n) is 5.31. The van der Waals surface area contributed by atoms with E-state index in [4.69, 9.17) is 11.6 Å². The Morgan fingerprint density at radius 1 is 1.18 bits per heavy atom. The van der Waals surface area contributed by atoms with E-state index in [9.17, 15) is 9.90 Å². The Morgan fingerprint density at radius 2 is 1.97 bits per heavy atom. The molecule has 0 spiro atoms. The highest BCUT2D eigenvalue weighted by molar-refractivity contribution is 7.09. The molecule has 0 amide bonds. The second-order valence-corrected chi connectivity index (χ2v) is 9.81. The molecule has 3 saturated carbocycles. The lowest BCUT2D eigenvalue weighted by Crippen LogP contribution is -2.51. The van der Waals surface area contributed by atoms with Crippen LogP contribution in [0.25, 0.3) is 33.1 Å². The number of nitrogens with zero attached hydrogens (tertiary/aromatic N) is 6. The Balaban J connectivity index is 1.49. The molecule has 4 heterocycles. The molecule has 3 aliphatic carbocycles. The standard InChI is InChI=1S/C21H18ClFN8O2S/c22-12-7-25-20-16(27-12)10(5-24-20)18-29-17(11-6-26-31-34-11)14(23)19(30-18)28-15-9-3-1-8(2-4-9)13(15)21(32)33/h5-9,13,15H,1-4H2,(H,24,25)(H,32,33)(H,28,29,30)/t8?,9?,13-,15-/m0/s1. The third-order valence-corrected chi connectivity index (χ3v) is 7.70. The SMILES string of the molecule is O=C(O)[C@H]1C2CCC(CC2)[C@@H]1Nc1nc(-c2c[nH]c3ncc(Cl)nc23)nc(-c2cnns2)c1F. The van der Waals surface area contributed by atoms with E-state index in [1.54, 1.807) is 6.20 Å². The van der Waals surface area contributed by atoms with Crippen molar-refractivity contribution >= 4 is 46.1 Å². The number of carboxylic acids is 1. The van der Waals surface area contributed by atoms with Crippen LogP contribution < -0.4 is 5.32 Å². The van der Waals surface area contributed by atoms with Crippen molar-refractivity contribution in [1.29, 1.82) is 0 Å². The Bertz CT molecular complexity index is 1390. The number of H-pyrrole nitrogens is 1. The molecule has 0 radical (unpaired) electrons. The fourth-order valence-corrected chi connectivity index (χ4v) is 5.94. The second kappa shape index (κ2) is 8.20. The fraction of sp³-hybridized carbons (Fsp3) is 0.381. The molecule has 13 heteroatoms. The van der Waals surface area contributed by atoms with Gasteiger partial charge in [0.25, 0.3) is 0 Å². The van der Waals surface area contributed by atoms with Gasteiger partial charge in [0.2, 0.25) is 0 Å². The molecular formula is C21H18ClFN8O2S. The van der Waals surface area contributed by atoms with Gasteiger partial charge in [-0.2, -0.15) is 0 Å². The maximum absolute atomic E-state index is 15.7. The molecule has 2 bridgehead atoms. The lowest BCUT2D eigenvalue weighted by molar-refractivity contribution is -0.148. The van der Waals surface area contributed by atoms with Crippen molar-refractivity contribution in [2.75, 3.05) is 5.32 Å². The van der Waals surface area contributed by atoms with Gasteiger partial charge < -0.3 is 15.4 Å². The lowest BCUT2D eigenvalue weighted by Gasteiger charge is -2.47. The van der Waals surface area contributed by atoms with Crippen LogP contribution in [0.2, 0.25) is 5.15 Å². The van der Waals surface area contributed by atoms with Crippen LogP contribution in [0.1, 0.15) is 25.7 Å². The molecule has 3 N–H and O–H groups in total. The number of aromatic nitrogens is 7. The summed E-state index contributed by atoms with van der Waals surface area (Å²) in [5.41, 5.74) is 1.45. The van der Waals surface area contributed by atoms with E-state index in [2.05, 4.69) is 39.8 Å². The van der Waals surface area contributed by atoms with Crippen LogP contribution >= 0.6 is 23.1 Å². The van der Waals surface area contributed by atoms with Crippen molar-refractivity contribution in [2.24, 2.45) is 17.8 Å². The normalized spacial score (nSPS) is 23.9. The van der Waals surface area contributed by atoms with E-state index < -0.39 is 23.7 Å². The Kier molecular flexibility index (Phi) is 5.14. The molecule has 0 aromatic carbocycles. The molecule has 10 nitrogen and oxygen atoms in total. The van der Waals surface area contributed by atoms with Gasteiger partial charge in [0.05, 0.1) is 28.8 Å². The molecule has 0 aliphatic heterocycles. The number of carboxylic acid groups (broad SMARTS) is 1. The summed E-state index contributed by atoms with van der Waals surface area (Å²) >= 11 is 7.05. The smallest absolute Gasteiger partial charge is 0.308 e. The summed E-state index contributed by atoms with van der Waals surface area (Å²) in [7, 11) is 0. The van der Waals surface area contributed by atoms with Gasteiger partial charge in [-0.05, 0) is 49.1 Å². The molecule has 3 fully saturated rings.